The van der Waals surface area contributed by atoms with Gasteiger partial charge in [0.25, 0.3) is 0 Å². The SMILES string of the molecule is c1cc(OC2CCN(Cc3cc4n(n3)CCCC4)CC2)c2cc[nH]c2c1. The lowest BCUT2D eigenvalue weighted by molar-refractivity contribution is 0.0971. The highest BCUT2D eigenvalue weighted by molar-refractivity contribution is 5.85. The lowest BCUT2D eigenvalue weighted by Gasteiger charge is -2.31. The van der Waals surface area contributed by atoms with E-state index in [9.17, 15) is 0 Å². The number of H-pyrrole nitrogens is 1. The molecule has 0 unspecified atom stereocenters. The van der Waals surface area contributed by atoms with Crippen molar-refractivity contribution < 1.29 is 4.74 Å². The van der Waals surface area contributed by atoms with Gasteiger partial charge in [-0.3, -0.25) is 9.58 Å². The van der Waals surface area contributed by atoms with Crippen molar-refractivity contribution in [3.05, 3.63) is 47.9 Å². The van der Waals surface area contributed by atoms with Crippen molar-refractivity contribution in [1.29, 1.82) is 0 Å². The van der Waals surface area contributed by atoms with Crippen LogP contribution in [-0.2, 0) is 19.5 Å². The summed E-state index contributed by atoms with van der Waals surface area (Å²) in [5, 5.41) is 5.98. The Bertz CT molecular complexity index is 865. The maximum Gasteiger partial charge on any atom is 0.129 e. The lowest BCUT2D eigenvalue weighted by atomic mass is 10.1. The van der Waals surface area contributed by atoms with Crippen molar-refractivity contribution in [2.24, 2.45) is 0 Å². The van der Waals surface area contributed by atoms with Crippen LogP contribution in [0.25, 0.3) is 10.9 Å². The van der Waals surface area contributed by atoms with E-state index < -0.39 is 0 Å². The quantitative estimate of drug-likeness (QED) is 0.780. The number of nitrogens with zero attached hydrogens (tertiary/aromatic N) is 3. The maximum atomic E-state index is 6.33. The number of aromatic nitrogens is 3. The number of hydrogen-bond acceptors (Lipinski definition) is 3. The van der Waals surface area contributed by atoms with Gasteiger partial charge in [0, 0.05) is 49.0 Å². The largest absolute Gasteiger partial charge is 0.490 e. The van der Waals surface area contributed by atoms with Crippen molar-refractivity contribution in [3.8, 4) is 5.75 Å². The maximum absolute atomic E-state index is 6.33. The zero-order valence-corrected chi connectivity index (χ0v) is 15.2. The molecule has 1 saturated heterocycles. The van der Waals surface area contributed by atoms with Gasteiger partial charge in [-0.05, 0) is 56.4 Å². The standard InChI is InChI=1S/C21H26N4O/c1-2-11-25-17(4-1)14-16(23-25)15-24-12-8-18(9-13-24)26-21-6-3-5-20-19(21)7-10-22-20/h3,5-7,10,14,18,22H,1-2,4,8-9,11-13,15H2. The molecule has 3 aromatic rings. The van der Waals surface area contributed by atoms with E-state index in [0.717, 1.165) is 50.3 Å². The van der Waals surface area contributed by atoms with E-state index in [1.165, 1.54) is 36.0 Å². The Kier molecular flexibility index (Phi) is 4.17. The van der Waals surface area contributed by atoms with Gasteiger partial charge >= 0.3 is 0 Å². The van der Waals surface area contributed by atoms with Gasteiger partial charge in [-0.15, -0.1) is 0 Å². The fourth-order valence-electron chi connectivity index (χ4n) is 4.31. The first kappa shape index (κ1) is 15.9. The van der Waals surface area contributed by atoms with Crippen LogP contribution in [0.4, 0.5) is 0 Å². The van der Waals surface area contributed by atoms with Crippen molar-refractivity contribution in [3.63, 3.8) is 0 Å². The van der Waals surface area contributed by atoms with Gasteiger partial charge in [0.2, 0.25) is 0 Å². The number of piperidine rings is 1. The molecule has 2 aromatic heterocycles. The highest BCUT2D eigenvalue weighted by Crippen LogP contribution is 2.28. The van der Waals surface area contributed by atoms with Crippen LogP contribution >= 0.6 is 0 Å². The second-order valence-corrected chi connectivity index (χ2v) is 7.60. The molecule has 5 nitrogen and oxygen atoms in total. The van der Waals surface area contributed by atoms with Crippen LogP contribution in [0.5, 0.6) is 5.75 Å². The molecule has 5 rings (SSSR count). The predicted molar refractivity (Wildman–Crippen MR) is 102 cm³/mol. The summed E-state index contributed by atoms with van der Waals surface area (Å²) in [5.74, 6) is 1.00. The number of hydrogen-bond donors (Lipinski definition) is 1. The van der Waals surface area contributed by atoms with Crippen LogP contribution in [0.2, 0.25) is 0 Å². The molecular formula is C21H26N4O. The molecule has 0 bridgehead atoms. The van der Waals surface area contributed by atoms with E-state index in [1.54, 1.807) is 0 Å². The molecule has 136 valence electrons. The van der Waals surface area contributed by atoms with Gasteiger partial charge in [-0.1, -0.05) is 6.07 Å². The van der Waals surface area contributed by atoms with Gasteiger partial charge in [0.05, 0.1) is 5.69 Å². The van der Waals surface area contributed by atoms with Gasteiger partial charge < -0.3 is 9.72 Å². The second-order valence-electron chi connectivity index (χ2n) is 7.60. The number of aryl methyl sites for hydroxylation is 2. The van der Waals surface area contributed by atoms with E-state index >= 15 is 0 Å². The Morgan fingerprint density at radius 3 is 2.92 bits per heavy atom. The molecule has 0 saturated carbocycles. The number of aromatic amines is 1. The van der Waals surface area contributed by atoms with E-state index in [0.29, 0.717) is 6.10 Å². The summed E-state index contributed by atoms with van der Waals surface area (Å²) >= 11 is 0. The molecule has 0 radical (unpaired) electrons. The monoisotopic (exact) mass is 350 g/mol. The van der Waals surface area contributed by atoms with Crippen LogP contribution in [0.1, 0.15) is 37.1 Å². The third-order valence-electron chi connectivity index (χ3n) is 5.74. The first-order valence-corrected chi connectivity index (χ1v) is 9.86. The molecule has 5 heteroatoms. The zero-order chi connectivity index (χ0) is 17.3. The number of ether oxygens (including phenoxy) is 1. The van der Waals surface area contributed by atoms with E-state index in [-0.39, 0.29) is 0 Å². The summed E-state index contributed by atoms with van der Waals surface area (Å²) in [7, 11) is 0. The topological polar surface area (TPSA) is 46.1 Å². The molecular weight excluding hydrogens is 324 g/mol. The van der Waals surface area contributed by atoms with Gasteiger partial charge in [0.1, 0.15) is 11.9 Å². The van der Waals surface area contributed by atoms with Crippen molar-refractivity contribution in [1.82, 2.24) is 19.7 Å². The molecule has 0 amide bonds. The second kappa shape index (κ2) is 6.80. The van der Waals surface area contributed by atoms with Gasteiger partial charge in [-0.2, -0.15) is 5.10 Å². The molecule has 0 spiro atoms. The van der Waals surface area contributed by atoms with E-state index in [2.05, 4.69) is 44.9 Å². The highest BCUT2D eigenvalue weighted by Gasteiger charge is 2.22. The Morgan fingerprint density at radius 1 is 1.12 bits per heavy atom. The fraction of sp³-hybridized carbons (Fsp3) is 0.476. The smallest absolute Gasteiger partial charge is 0.129 e. The molecule has 1 N–H and O–H groups in total. The third-order valence-corrected chi connectivity index (χ3v) is 5.74. The van der Waals surface area contributed by atoms with Crippen LogP contribution in [0.15, 0.2) is 36.5 Å². The minimum absolute atomic E-state index is 0.307. The Balaban J connectivity index is 1.18. The molecule has 2 aliphatic heterocycles. The summed E-state index contributed by atoms with van der Waals surface area (Å²) in [5.41, 5.74) is 3.80. The third kappa shape index (κ3) is 3.12. The zero-order valence-electron chi connectivity index (χ0n) is 15.2. The average molecular weight is 350 g/mol. The molecule has 26 heavy (non-hydrogen) atoms. The van der Waals surface area contributed by atoms with Crippen LogP contribution in [0, 0.1) is 0 Å². The fourth-order valence-corrected chi connectivity index (χ4v) is 4.31. The van der Waals surface area contributed by atoms with Crippen LogP contribution < -0.4 is 4.74 Å². The number of benzene rings is 1. The van der Waals surface area contributed by atoms with Crippen molar-refractivity contribution >= 4 is 10.9 Å². The first-order valence-electron chi connectivity index (χ1n) is 9.86. The molecule has 1 fully saturated rings. The Hall–Kier alpha value is -2.27. The number of likely N-dealkylation sites (tertiary alicyclic amines) is 1. The normalized spacial score (nSPS) is 18.9. The summed E-state index contributed by atoms with van der Waals surface area (Å²) in [4.78, 5) is 5.77. The minimum atomic E-state index is 0.307. The minimum Gasteiger partial charge on any atom is -0.490 e. The van der Waals surface area contributed by atoms with E-state index in [1.807, 2.05) is 6.20 Å². The average Bonchev–Trinajstić information content (AvgIpc) is 3.30. The summed E-state index contributed by atoms with van der Waals surface area (Å²) in [6, 6.07) is 10.6. The number of nitrogens with one attached hydrogen (secondary N) is 1. The molecule has 2 aliphatic rings. The predicted octanol–water partition coefficient (Wildman–Crippen LogP) is 3.74. The lowest BCUT2D eigenvalue weighted by Crippen LogP contribution is -2.37. The molecule has 4 heterocycles. The van der Waals surface area contributed by atoms with Crippen molar-refractivity contribution in [2.45, 2.75) is 51.3 Å². The van der Waals surface area contributed by atoms with Crippen LogP contribution in [-0.4, -0.2) is 38.9 Å². The number of fused-ring (bicyclic) bond motifs is 2. The Labute approximate surface area is 153 Å². The molecule has 0 atom stereocenters. The molecule has 0 aliphatic carbocycles. The highest BCUT2D eigenvalue weighted by atomic mass is 16.5. The molecule has 1 aromatic carbocycles. The number of rotatable bonds is 4. The Morgan fingerprint density at radius 2 is 2.04 bits per heavy atom. The van der Waals surface area contributed by atoms with Crippen molar-refractivity contribution in [2.75, 3.05) is 13.1 Å². The van der Waals surface area contributed by atoms with E-state index in [4.69, 9.17) is 9.84 Å². The summed E-state index contributed by atoms with van der Waals surface area (Å²) in [6.07, 6.45) is 8.20. The summed E-state index contributed by atoms with van der Waals surface area (Å²) < 4.78 is 8.54. The first-order chi connectivity index (χ1) is 12.8. The van der Waals surface area contributed by atoms with Gasteiger partial charge in [-0.25, -0.2) is 0 Å². The summed E-state index contributed by atoms with van der Waals surface area (Å²) in [6.45, 7) is 4.22. The van der Waals surface area contributed by atoms with Crippen LogP contribution in [0.3, 0.4) is 0 Å². The van der Waals surface area contributed by atoms with Gasteiger partial charge in [0.15, 0.2) is 0 Å².